The van der Waals surface area contributed by atoms with Crippen LogP contribution in [0.3, 0.4) is 0 Å². The van der Waals surface area contributed by atoms with Gasteiger partial charge < -0.3 is 4.90 Å². The summed E-state index contributed by atoms with van der Waals surface area (Å²) in [5, 5.41) is 2.76. The molecule has 0 saturated heterocycles. The average molecular weight is 777 g/mol. The second kappa shape index (κ2) is 16.8. The Morgan fingerprint density at radius 3 is 1.02 bits per heavy atom. The third-order valence-electron chi connectivity index (χ3n) is 15.2. The Hall–Kier alpha value is -5.21. The molecule has 0 radical (unpaired) electrons. The number of anilines is 3. The zero-order valence-electron chi connectivity index (χ0n) is 39.8. The maximum Gasteiger partial charge on any atom is 0.141 e. The van der Waals surface area contributed by atoms with Gasteiger partial charge >= 0.3 is 0 Å². The Balaban J connectivity index is 1.49. The van der Waals surface area contributed by atoms with E-state index in [-0.39, 0.29) is 0 Å². The van der Waals surface area contributed by atoms with Crippen LogP contribution < -0.4 is 86.8 Å². The van der Waals surface area contributed by atoms with E-state index in [0.717, 1.165) is 0 Å². The SMILES string of the molecule is Bc1c(B)c(N(c2c(B)c(B)c(-c3ccc(-c4ccccc4)c(-c4ccccc4)c3)c(B)c2B)c2c(B)c(B)c(B)c3c(B)c(B)c(B)c(B)c23)c(B)c(B)c1-c1ccccc1. The second-order valence-corrected chi connectivity index (χ2v) is 18.1. The van der Waals surface area contributed by atoms with Gasteiger partial charge in [-0.05, 0) is 61.3 Å². The fourth-order valence-electron chi connectivity index (χ4n) is 10.7. The Bertz CT molecular complexity index is 3060. The highest BCUT2D eigenvalue weighted by Crippen LogP contribution is 2.36. The molecule has 0 aliphatic rings. The monoisotopic (exact) mass is 780 g/mol. The summed E-state index contributed by atoms with van der Waals surface area (Å²) in [5.74, 6) is 0. The van der Waals surface area contributed by atoms with Gasteiger partial charge in [0, 0.05) is 17.1 Å². The first-order chi connectivity index (χ1) is 29.6. The number of hydrogen-bond donors (Lipinski definition) is 0. The van der Waals surface area contributed by atoms with E-state index >= 15 is 0 Å². The van der Waals surface area contributed by atoms with Gasteiger partial charge in [0.05, 0.1) is 0 Å². The van der Waals surface area contributed by atoms with Crippen molar-refractivity contribution in [3.8, 4) is 44.5 Å². The van der Waals surface area contributed by atoms with Crippen molar-refractivity contribution in [1.29, 1.82) is 0 Å². The molecule has 0 spiro atoms. The van der Waals surface area contributed by atoms with Gasteiger partial charge in [-0.25, -0.2) is 0 Å². The van der Waals surface area contributed by atoms with Gasteiger partial charge in [-0.1, -0.05) is 174 Å². The summed E-state index contributed by atoms with van der Waals surface area (Å²) in [6.45, 7) is 0. The summed E-state index contributed by atoms with van der Waals surface area (Å²) >= 11 is 0. The van der Waals surface area contributed by atoms with E-state index in [1.54, 1.807) is 0 Å². The number of rotatable bonds is 7. The van der Waals surface area contributed by atoms with Crippen molar-refractivity contribution < 1.29 is 0 Å². The zero-order valence-corrected chi connectivity index (χ0v) is 39.8. The van der Waals surface area contributed by atoms with Crippen molar-refractivity contribution in [3.05, 3.63) is 109 Å². The summed E-state index contributed by atoms with van der Waals surface area (Å²) < 4.78 is 0. The van der Waals surface area contributed by atoms with Gasteiger partial charge in [-0.15, -0.1) is 10.9 Å². The van der Waals surface area contributed by atoms with Crippen molar-refractivity contribution >= 4 is 227 Å². The van der Waals surface area contributed by atoms with Crippen LogP contribution in [0.1, 0.15) is 0 Å². The highest BCUT2D eigenvalue weighted by Gasteiger charge is 2.30. The summed E-state index contributed by atoms with van der Waals surface area (Å²) in [6, 6.07) is 39.8. The molecule has 0 heterocycles. The molecule has 0 atom stereocenters. The predicted molar refractivity (Wildman–Crippen MR) is 323 cm³/mol. The minimum absolute atomic E-state index is 1.23. The Morgan fingerprint density at radius 2 is 0.581 bits per heavy atom. The van der Waals surface area contributed by atoms with Crippen LogP contribution in [0.4, 0.5) is 17.1 Å². The van der Waals surface area contributed by atoms with Crippen molar-refractivity contribution in [1.82, 2.24) is 0 Å². The molecule has 0 bridgehead atoms. The summed E-state index contributed by atoms with van der Waals surface area (Å²) in [6.07, 6.45) is 0. The highest BCUT2D eigenvalue weighted by molar-refractivity contribution is 6.73. The van der Waals surface area contributed by atoms with Gasteiger partial charge in [0.2, 0.25) is 0 Å². The van der Waals surface area contributed by atoms with Crippen LogP contribution in [0.2, 0.25) is 0 Å². The van der Waals surface area contributed by atoms with Gasteiger partial charge in [0.25, 0.3) is 0 Å². The fourth-order valence-corrected chi connectivity index (χ4v) is 10.7. The summed E-state index contributed by atoms with van der Waals surface area (Å²) in [4.78, 5) is 2.73. The number of nitrogens with zero attached hydrogens (tertiary/aromatic N) is 1. The number of fused-ring (bicyclic) bond motifs is 1. The minimum atomic E-state index is 1.23. The predicted octanol–water partition coefficient (Wildman–Crippen LogP) is -13.1. The van der Waals surface area contributed by atoms with Gasteiger partial charge in [0.15, 0.2) is 0 Å². The molecule has 282 valence electrons. The molecule has 0 unspecified atom stereocenters. The van der Waals surface area contributed by atoms with E-state index in [1.807, 2.05) is 0 Å². The van der Waals surface area contributed by atoms with E-state index in [0.29, 0.717) is 0 Å². The van der Waals surface area contributed by atoms with E-state index in [4.69, 9.17) is 0 Å². The standard InChI is InChI=1S/C46H48B15N/c47-29-25(21-14-8-3-9-15-21)30(48)40(58)45(39(29)57)62(44-28-27(34(52)38(56)43(44)61)33(51)36(54)37(55)35(28)53)46-41(59)31(49)26(32(50)42(46)60)22-16-17-23(19-10-4-1-5-11-19)24(18-22)20-12-6-2-7-13-20/h1-18H,47-61H2. The minimum Gasteiger partial charge on any atom is -0.313 e. The third kappa shape index (κ3) is 6.88. The first-order valence-corrected chi connectivity index (χ1v) is 22.4. The molecule has 0 amide bonds. The molecule has 1 nitrogen and oxygen atoms in total. The van der Waals surface area contributed by atoms with Crippen LogP contribution in [0.25, 0.3) is 55.3 Å². The second-order valence-electron chi connectivity index (χ2n) is 18.1. The highest BCUT2D eigenvalue weighted by atomic mass is 15.2. The normalized spacial score (nSPS) is 11.2. The van der Waals surface area contributed by atoms with Crippen LogP contribution in [0, 0.1) is 0 Å². The molecule has 8 aromatic carbocycles. The van der Waals surface area contributed by atoms with Crippen LogP contribution in [0.5, 0.6) is 0 Å². The third-order valence-corrected chi connectivity index (χ3v) is 15.2. The van der Waals surface area contributed by atoms with E-state index in [1.165, 1.54) is 154 Å². The van der Waals surface area contributed by atoms with Crippen molar-refractivity contribution in [2.45, 2.75) is 0 Å². The van der Waals surface area contributed by atoms with Crippen LogP contribution in [0.15, 0.2) is 109 Å². The molecule has 0 aliphatic heterocycles. The Labute approximate surface area is 383 Å². The lowest BCUT2D eigenvalue weighted by Gasteiger charge is -2.39. The summed E-state index contributed by atoms with van der Waals surface area (Å²) in [7, 11) is 35.2. The van der Waals surface area contributed by atoms with Crippen LogP contribution in [-0.4, -0.2) is 118 Å². The smallest absolute Gasteiger partial charge is 0.141 e. The van der Waals surface area contributed by atoms with E-state index in [9.17, 15) is 0 Å². The molecule has 8 aromatic rings. The molecule has 0 saturated carbocycles. The summed E-state index contributed by atoms with van der Waals surface area (Å²) in [5.41, 5.74) is 34.2. The van der Waals surface area contributed by atoms with Crippen molar-refractivity contribution in [2.75, 3.05) is 4.90 Å². The molecule has 8 rings (SSSR count). The quantitative estimate of drug-likeness (QED) is 0.146. The van der Waals surface area contributed by atoms with Gasteiger partial charge in [-0.2, -0.15) is 0 Å². The number of benzene rings is 8. The molecular weight excluding hydrogens is 729 g/mol. The largest absolute Gasteiger partial charge is 0.313 e. The first-order valence-electron chi connectivity index (χ1n) is 22.4. The number of hydrogen-bond acceptors (Lipinski definition) is 1. The van der Waals surface area contributed by atoms with E-state index in [2.05, 4.69) is 232 Å². The fraction of sp³-hybridized carbons (Fsp3) is 0. The molecule has 16 heteroatoms. The Morgan fingerprint density at radius 1 is 0.242 bits per heavy atom. The topological polar surface area (TPSA) is 3.24 Å². The lowest BCUT2D eigenvalue weighted by atomic mass is 9.59. The van der Waals surface area contributed by atoms with Crippen molar-refractivity contribution in [3.63, 3.8) is 0 Å². The lowest BCUT2D eigenvalue weighted by molar-refractivity contribution is 1.37. The zero-order chi connectivity index (χ0) is 44.5. The Kier molecular flexibility index (Phi) is 11.8. The maximum atomic E-state index is 2.73. The lowest BCUT2D eigenvalue weighted by Crippen LogP contribution is -2.55. The first kappa shape index (κ1) is 43.4. The van der Waals surface area contributed by atoms with Gasteiger partial charge in [0.1, 0.15) is 118 Å². The average Bonchev–Trinajstić information content (AvgIpc) is 3.28. The molecular formula is C46H48B15N. The molecule has 0 aliphatic carbocycles. The molecule has 0 fully saturated rings. The molecule has 0 N–H and O–H groups in total. The molecule has 62 heavy (non-hydrogen) atoms. The maximum absolute atomic E-state index is 2.73. The van der Waals surface area contributed by atoms with E-state index < -0.39 is 0 Å². The van der Waals surface area contributed by atoms with Crippen LogP contribution in [-0.2, 0) is 0 Å². The van der Waals surface area contributed by atoms with Crippen LogP contribution >= 0.6 is 0 Å². The van der Waals surface area contributed by atoms with Crippen molar-refractivity contribution in [2.24, 2.45) is 0 Å². The van der Waals surface area contributed by atoms with Gasteiger partial charge in [-0.3, -0.25) is 0 Å². The molecule has 0 aromatic heterocycles.